The summed E-state index contributed by atoms with van der Waals surface area (Å²) in [6.07, 6.45) is -0.242. The van der Waals surface area contributed by atoms with Crippen molar-refractivity contribution in [3.8, 4) is 5.75 Å². The van der Waals surface area contributed by atoms with E-state index in [9.17, 15) is 0 Å². The minimum atomic E-state index is -0.242. The van der Waals surface area contributed by atoms with Crippen LogP contribution in [-0.4, -0.2) is 22.7 Å². The largest absolute Gasteiger partial charge is 0.484 e. The van der Waals surface area contributed by atoms with E-state index >= 15 is 0 Å². The second-order valence-corrected chi connectivity index (χ2v) is 6.32. The fraction of sp³-hybridized carbons (Fsp3) is 0.333. The minimum absolute atomic E-state index is 0.242. The molecule has 1 aromatic carbocycles. The molecule has 2 aromatic rings. The highest BCUT2D eigenvalue weighted by atomic mass is 79.9. The zero-order chi connectivity index (χ0) is 13.1. The topological polar surface area (TPSA) is 31.4 Å². The zero-order valence-corrected chi connectivity index (χ0v) is 13.2. The highest BCUT2D eigenvalue weighted by molar-refractivity contribution is 9.11. The van der Waals surface area contributed by atoms with Gasteiger partial charge in [-0.3, -0.25) is 0 Å². The Bertz CT molecular complexity index is 570. The molecule has 0 bridgehead atoms. The van der Waals surface area contributed by atoms with Crippen LogP contribution in [-0.2, 0) is 4.74 Å². The lowest BCUT2D eigenvalue weighted by atomic mass is 10.3. The maximum absolute atomic E-state index is 5.74. The summed E-state index contributed by atoms with van der Waals surface area (Å²) in [6, 6.07) is 5.78. The summed E-state index contributed by atoms with van der Waals surface area (Å²) in [5.74, 6) is 0.771. The molecule has 6 heteroatoms. The Labute approximate surface area is 123 Å². The molecule has 1 unspecified atom stereocenters. The average Bonchev–Trinajstić information content (AvgIpc) is 2.68. The van der Waals surface area contributed by atoms with Crippen molar-refractivity contribution in [2.45, 2.75) is 20.0 Å². The maximum atomic E-state index is 5.74. The number of fused-ring (bicyclic) bond motifs is 1. The van der Waals surface area contributed by atoms with Crippen LogP contribution in [0.5, 0.6) is 5.75 Å². The van der Waals surface area contributed by atoms with Crippen LogP contribution in [0.1, 0.15) is 13.8 Å². The van der Waals surface area contributed by atoms with Gasteiger partial charge in [-0.25, -0.2) is 4.98 Å². The van der Waals surface area contributed by atoms with Gasteiger partial charge in [0.25, 0.3) is 0 Å². The van der Waals surface area contributed by atoms with E-state index in [0.717, 1.165) is 19.9 Å². The van der Waals surface area contributed by atoms with Crippen molar-refractivity contribution in [3.05, 3.63) is 22.1 Å². The van der Waals surface area contributed by atoms with Crippen LogP contribution < -0.4 is 4.74 Å². The number of ether oxygens (including phenoxy) is 2. The first-order valence-corrected chi connectivity index (χ1v) is 7.51. The van der Waals surface area contributed by atoms with Gasteiger partial charge in [-0.1, -0.05) is 0 Å². The van der Waals surface area contributed by atoms with Gasteiger partial charge in [0, 0.05) is 0 Å². The molecule has 0 aliphatic heterocycles. The molecule has 0 aliphatic rings. The van der Waals surface area contributed by atoms with Gasteiger partial charge in [0.1, 0.15) is 5.75 Å². The monoisotopic (exact) mass is 345 g/mol. The molecule has 1 atom stereocenters. The molecule has 1 aromatic heterocycles. The predicted molar refractivity (Wildman–Crippen MR) is 81.6 cm³/mol. The fourth-order valence-electron chi connectivity index (χ4n) is 1.46. The molecular formula is C12H12BrNO2S2. The van der Waals surface area contributed by atoms with Gasteiger partial charge < -0.3 is 9.47 Å². The van der Waals surface area contributed by atoms with Crippen molar-refractivity contribution in [1.29, 1.82) is 0 Å². The van der Waals surface area contributed by atoms with Gasteiger partial charge in [-0.05, 0) is 60.2 Å². The number of aromatic nitrogens is 1. The number of hydrogen-bond donors (Lipinski definition) is 0. The van der Waals surface area contributed by atoms with Crippen LogP contribution >= 0.6 is 39.5 Å². The van der Waals surface area contributed by atoms with Crippen LogP contribution in [0.15, 0.2) is 22.1 Å². The Morgan fingerprint density at radius 1 is 1.56 bits per heavy atom. The van der Waals surface area contributed by atoms with Gasteiger partial charge >= 0.3 is 0 Å². The van der Waals surface area contributed by atoms with Crippen molar-refractivity contribution >= 4 is 54.8 Å². The number of thiocarbonyl (C=S) groups is 1. The van der Waals surface area contributed by atoms with Crippen LogP contribution in [0.2, 0.25) is 0 Å². The Hall–Kier alpha value is -0.720. The molecule has 1 heterocycles. The smallest absolute Gasteiger partial charge is 0.200 e. The maximum Gasteiger partial charge on any atom is 0.200 e. The van der Waals surface area contributed by atoms with Crippen LogP contribution in [0.25, 0.3) is 10.2 Å². The zero-order valence-electron chi connectivity index (χ0n) is 9.97. The Morgan fingerprint density at radius 2 is 2.33 bits per heavy atom. The summed E-state index contributed by atoms with van der Waals surface area (Å²) in [5, 5.41) is 0.475. The first-order valence-electron chi connectivity index (χ1n) is 5.49. The van der Waals surface area contributed by atoms with E-state index in [4.69, 9.17) is 21.7 Å². The minimum Gasteiger partial charge on any atom is -0.484 e. The lowest BCUT2D eigenvalue weighted by Gasteiger charge is -2.15. The van der Waals surface area contributed by atoms with Crippen LogP contribution in [0.4, 0.5) is 0 Å². The molecule has 0 saturated carbocycles. The van der Waals surface area contributed by atoms with Gasteiger partial charge in [0.05, 0.1) is 16.8 Å². The lowest BCUT2D eigenvalue weighted by Crippen LogP contribution is -2.24. The van der Waals surface area contributed by atoms with E-state index < -0.39 is 0 Å². The lowest BCUT2D eigenvalue weighted by molar-refractivity contribution is 0.230. The second kappa shape index (κ2) is 5.95. The molecule has 0 fully saturated rings. The van der Waals surface area contributed by atoms with E-state index in [-0.39, 0.29) is 6.10 Å². The van der Waals surface area contributed by atoms with Gasteiger partial charge in [0.2, 0.25) is 5.05 Å². The van der Waals surface area contributed by atoms with Crippen molar-refractivity contribution < 1.29 is 9.47 Å². The molecular weight excluding hydrogens is 334 g/mol. The van der Waals surface area contributed by atoms with Crippen LogP contribution in [0.3, 0.4) is 0 Å². The van der Waals surface area contributed by atoms with E-state index in [2.05, 4.69) is 20.9 Å². The van der Waals surface area contributed by atoms with E-state index in [1.165, 1.54) is 0 Å². The van der Waals surface area contributed by atoms with Crippen molar-refractivity contribution in [2.24, 2.45) is 0 Å². The molecule has 0 aliphatic carbocycles. The third-order valence-corrected chi connectivity index (χ3v) is 4.18. The van der Waals surface area contributed by atoms with Crippen molar-refractivity contribution in [1.82, 2.24) is 4.98 Å². The summed E-state index contributed by atoms with van der Waals surface area (Å²) in [4.78, 5) is 4.33. The van der Waals surface area contributed by atoms with Crippen LogP contribution in [0, 0.1) is 0 Å². The number of halogens is 1. The summed E-state index contributed by atoms with van der Waals surface area (Å²) < 4.78 is 12.9. The Balaban J connectivity index is 2.13. The standard InChI is InChI=1S/C12H12BrNO2S2/c1-3-15-11(17)7(2)16-8-4-5-9-10(6-8)18-12(13)14-9/h4-7H,3H2,1-2H3. The average molecular weight is 346 g/mol. The molecule has 0 saturated heterocycles. The summed E-state index contributed by atoms with van der Waals surface area (Å²) >= 11 is 10.1. The van der Waals surface area contributed by atoms with E-state index in [0.29, 0.717) is 11.7 Å². The first-order chi connectivity index (χ1) is 8.60. The fourth-order valence-corrected chi connectivity index (χ4v) is 3.06. The first kappa shape index (κ1) is 13.7. The van der Waals surface area contributed by atoms with Crippen molar-refractivity contribution in [3.63, 3.8) is 0 Å². The number of thiazole rings is 1. The number of nitrogens with zero attached hydrogens (tertiary/aromatic N) is 1. The third kappa shape index (κ3) is 3.18. The Morgan fingerprint density at radius 3 is 3.06 bits per heavy atom. The van der Waals surface area contributed by atoms with E-state index in [1.54, 1.807) is 11.3 Å². The molecule has 0 spiro atoms. The Kier molecular flexibility index (Phi) is 4.53. The molecule has 18 heavy (non-hydrogen) atoms. The molecule has 0 N–H and O–H groups in total. The van der Waals surface area contributed by atoms with Gasteiger partial charge in [0.15, 0.2) is 10.0 Å². The molecule has 3 nitrogen and oxygen atoms in total. The number of benzene rings is 1. The number of hydrogen-bond acceptors (Lipinski definition) is 5. The third-order valence-electron chi connectivity index (χ3n) is 2.27. The summed E-state index contributed by atoms with van der Waals surface area (Å²) in [5.41, 5.74) is 0.958. The normalized spacial score (nSPS) is 12.4. The molecule has 0 radical (unpaired) electrons. The molecule has 96 valence electrons. The molecule has 0 amide bonds. The second-order valence-electron chi connectivity index (χ2n) is 3.61. The highest BCUT2D eigenvalue weighted by Gasteiger charge is 2.12. The SMILES string of the molecule is CCOC(=S)C(C)Oc1ccc2nc(Br)sc2c1. The van der Waals surface area contributed by atoms with Gasteiger partial charge in [-0.15, -0.1) is 11.3 Å². The predicted octanol–water partition coefficient (Wildman–Crippen LogP) is 4.19. The van der Waals surface area contributed by atoms with Gasteiger partial charge in [-0.2, -0.15) is 0 Å². The summed E-state index contributed by atoms with van der Waals surface area (Å²) in [6.45, 7) is 4.35. The molecule has 2 rings (SSSR count). The summed E-state index contributed by atoms with van der Waals surface area (Å²) in [7, 11) is 0. The quantitative estimate of drug-likeness (QED) is 0.777. The van der Waals surface area contributed by atoms with E-state index in [1.807, 2.05) is 32.0 Å². The highest BCUT2D eigenvalue weighted by Crippen LogP contribution is 2.29. The number of rotatable bonds is 4. The van der Waals surface area contributed by atoms with Crippen molar-refractivity contribution in [2.75, 3.05) is 6.61 Å².